The van der Waals surface area contributed by atoms with E-state index in [4.69, 9.17) is 14.2 Å². The van der Waals surface area contributed by atoms with Crippen LogP contribution >= 0.6 is 0 Å². The minimum absolute atomic E-state index is 0.0773. The molecular formula is C65H117NO10. The topological polar surface area (TPSA) is 175 Å². The number of aliphatic hydroxyl groups is 5. The maximum atomic E-state index is 13.4. The van der Waals surface area contributed by atoms with Gasteiger partial charge in [-0.1, -0.05) is 287 Å². The highest BCUT2D eigenvalue weighted by Gasteiger charge is 2.47. The second kappa shape index (κ2) is 53.0. The molecule has 1 aliphatic rings. The van der Waals surface area contributed by atoms with Crippen LogP contribution in [0.4, 0.5) is 0 Å². The van der Waals surface area contributed by atoms with Crippen LogP contribution in [0, 0.1) is 0 Å². The zero-order chi connectivity index (χ0) is 55.4. The molecule has 1 heterocycles. The van der Waals surface area contributed by atoms with Crippen LogP contribution in [0.25, 0.3) is 0 Å². The molecule has 1 rings (SSSR count). The molecule has 11 heteroatoms. The molecule has 0 aliphatic carbocycles. The third kappa shape index (κ3) is 40.5. The Bertz CT molecular complexity index is 1460. The number of unbranched alkanes of at least 4 members (excludes halogenated alkanes) is 34. The molecule has 11 nitrogen and oxygen atoms in total. The first kappa shape index (κ1) is 71.4. The van der Waals surface area contributed by atoms with Crippen molar-refractivity contribution in [3.8, 4) is 0 Å². The maximum absolute atomic E-state index is 13.4. The fraction of sp³-hybridized carbons (Fsp3) is 0.815. The largest absolute Gasteiger partial charge is 0.454 e. The minimum Gasteiger partial charge on any atom is -0.454 e. The fourth-order valence-corrected chi connectivity index (χ4v) is 9.78. The van der Waals surface area contributed by atoms with E-state index in [1.165, 1.54) is 167 Å². The lowest BCUT2D eigenvalue weighted by molar-refractivity contribution is -0.305. The smallest absolute Gasteiger partial charge is 0.306 e. The third-order valence-electron chi connectivity index (χ3n) is 14.8. The molecule has 1 fully saturated rings. The molecule has 8 unspecified atom stereocenters. The predicted molar refractivity (Wildman–Crippen MR) is 315 cm³/mol. The van der Waals surface area contributed by atoms with Crippen molar-refractivity contribution in [1.29, 1.82) is 0 Å². The van der Waals surface area contributed by atoms with Gasteiger partial charge in [0.05, 0.1) is 25.4 Å². The highest BCUT2D eigenvalue weighted by atomic mass is 16.7. The van der Waals surface area contributed by atoms with Gasteiger partial charge < -0.3 is 45.1 Å². The Labute approximate surface area is 465 Å². The molecule has 6 N–H and O–H groups in total. The van der Waals surface area contributed by atoms with E-state index in [0.717, 1.165) is 64.2 Å². The summed E-state index contributed by atoms with van der Waals surface area (Å²) in [4.78, 5) is 26.5. The van der Waals surface area contributed by atoms with Crippen LogP contribution in [0.15, 0.2) is 60.8 Å². The first-order valence-electron chi connectivity index (χ1n) is 31.6. The molecule has 0 aromatic carbocycles. The summed E-state index contributed by atoms with van der Waals surface area (Å²) in [6, 6.07) is -1.03. The number of esters is 1. The number of carbonyl (C=O) groups is 2. The summed E-state index contributed by atoms with van der Waals surface area (Å²) >= 11 is 0. The molecular weight excluding hydrogens is 955 g/mol. The van der Waals surface area contributed by atoms with Crippen molar-refractivity contribution in [2.75, 3.05) is 13.2 Å². The van der Waals surface area contributed by atoms with Crippen molar-refractivity contribution in [3.63, 3.8) is 0 Å². The number of ether oxygens (including phenoxy) is 3. The number of aliphatic hydroxyl groups excluding tert-OH is 5. The molecule has 1 saturated heterocycles. The second-order valence-electron chi connectivity index (χ2n) is 21.9. The predicted octanol–water partition coefficient (Wildman–Crippen LogP) is 15.0. The lowest BCUT2D eigenvalue weighted by atomic mass is 9.99. The van der Waals surface area contributed by atoms with Crippen LogP contribution in [0.3, 0.4) is 0 Å². The maximum Gasteiger partial charge on any atom is 0.306 e. The number of amides is 1. The molecule has 0 bridgehead atoms. The molecule has 0 radical (unpaired) electrons. The SMILES string of the molecule is CC/C=C/C=C/C=C\C=C/CCCCCC(=O)OC1C(OCC(NC(=O)C(O)CCCCCCCCCCCCCCCCCCCCCCCC)C(O)/C=C/CCCCCCCCCCCC)OC(CO)C(O)C1O. The van der Waals surface area contributed by atoms with Gasteiger partial charge in [-0.25, -0.2) is 0 Å². The molecule has 0 spiro atoms. The molecule has 0 aromatic heterocycles. The molecule has 8 atom stereocenters. The average Bonchev–Trinajstić information content (AvgIpc) is 3.42. The van der Waals surface area contributed by atoms with Gasteiger partial charge in [0.1, 0.15) is 24.4 Å². The molecule has 76 heavy (non-hydrogen) atoms. The quantitative estimate of drug-likeness (QED) is 0.0149. The number of rotatable bonds is 53. The summed E-state index contributed by atoms with van der Waals surface area (Å²) in [6.45, 7) is 5.64. The van der Waals surface area contributed by atoms with E-state index >= 15 is 0 Å². The van der Waals surface area contributed by atoms with E-state index in [2.05, 4.69) is 38.2 Å². The van der Waals surface area contributed by atoms with E-state index in [-0.39, 0.29) is 13.0 Å². The van der Waals surface area contributed by atoms with Gasteiger partial charge in [0, 0.05) is 6.42 Å². The molecule has 442 valence electrons. The Morgan fingerprint density at radius 2 is 0.947 bits per heavy atom. The summed E-state index contributed by atoms with van der Waals surface area (Å²) in [5.41, 5.74) is 0. The molecule has 0 saturated carbocycles. The summed E-state index contributed by atoms with van der Waals surface area (Å²) in [5.74, 6) is -1.23. The zero-order valence-electron chi connectivity index (χ0n) is 48.9. The van der Waals surface area contributed by atoms with Crippen LogP contribution < -0.4 is 5.32 Å². The summed E-state index contributed by atoms with van der Waals surface area (Å²) in [7, 11) is 0. The summed E-state index contributed by atoms with van der Waals surface area (Å²) in [6.07, 6.45) is 55.6. The van der Waals surface area contributed by atoms with E-state index in [9.17, 15) is 35.1 Å². The van der Waals surface area contributed by atoms with E-state index < -0.39 is 67.4 Å². The fourth-order valence-electron chi connectivity index (χ4n) is 9.78. The number of carbonyl (C=O) groups excluding carboxylic acids is 2. The van der Waals surface area contributed by atoms with Crippen LogP contribution in [0.1, 0.15) is 278 Å². The lowest BCUT2D eigenvalue weighted by Gasteiger charge is -2.41. The number of nitrogens with one attached hydrogen (secondary N) is 1. The Kier molecular flexibility index (Phi) is 49.8. The lowest BCUT2D eigenvalue weighted by Crippen LogP contribution is -2.61. The second-order valence-corrected chi connectivity index (χ2v) is 21.9. The first-order valence-corrected chi connectivity index (χ1v) is 31.6. The monoisotopic (exact) mass is 1070 g/mol. The number of hydrogen-bond donors (Lipinski definition) is 6. The Balaban J connectivity index is 2.64. The Morgan fingerprint density at radius 3 is 1.42 bits per heavy atom. The van der Waals surface area contributed by atoms with Crippen molar-refractivity contribution < 1.29 is 49.3 Å². The van der Waals surface area contributed by atoms with Gasteiger partial charge in [-0.15, -0.1) is 0 Å². The van der Waals surface area contributed by atoms with E-state index in [0.29, 0.717) is 19.3 Å². The van der Waals surface area contributed by atoms with Crippen molar-refractivity contribution in [2.24, 2.45) is 0 Å². The summed E-state index contributed by atoms with van der Waals surface area (Å²) in [5, 5.41) is 56.9. The standard InChI is InChI=1S/C65H117NO10/c1-4-7-10-13-16-19-22-25-26-27-28-29-30-31-32-33-35-37-40-43-46-49-52-58(69)64(73)66-56(57(68)51-48-45-42-39-36-24-21-18-15-12-9-6-3)55-74-65-63(62(72)61(71)59(54-67)75-65)76-60(70)53-50-47-44-41-38-34-23-20-17-14-11-8-5-2/h8,11,14,17,20,23,34,38,48,51,56-59,61-63,65,67-69,71-72H,4-7,9-10,12-13,15-16,18-19,21-22,24-33,35-37,39-47,49-50,52-55H2,1-3H3,(H,66,73)/b11-8+,17-14+,23-20-,38-34-,51-48+. The Morgan fingerprint density at radius 1 is 0.526 bits per heavy atom. The third-order valence-corrected chi connectivity index (χ3v) is 14.8. The molecule has 1 aliphatic heterocycles. The Hall–Kier alpha value is -2.64. The first-order chi connectivity index (χ1) is 37.2. The zero-order valence-corrected chi connectivity index (χ0v) is 48.9. The van der Waals surface area contributed by atoms with Gasteiger partial charge in [0.25, 0.3) is 0 Å². The van der Waals surface area contributed by atoms with Crippen LogP contribution in [-0.2, 0) is 23.8 Å². The normalized spacial score (nSPS) is 19.5. The van der Waals surface area contributed by atoms with Crippen molar-refractivity contribution in [2.45, 2.75) is 327 Å². The van der Waals surface area contributed by atoms with Crippen molar-refractivity contribution in [3.05, 3.63) is 60.8 Å². The summed E-state index contributed by atoms with van der Waals surface area (Å²) < 4.78 is 17.6. The number of allylic oxidation sites excluding steroid dienone is 9. The van der Waals surface area contributed by atoms with Gasteiger partial charge in [0.2, 0.25) is 5.91 Å². The minimum atomic E-state index is -1.63. The van der Waals surface area contributed by atoms with Crippen LogP contribution in [0.2, 0.25) is 0 Å². The van der Waals surface area contributed by atoms with Gasteiger partial charge in [-0.3, -0.25) is 9.59 Å². The highest BCUT2D eigenvalue weighted by molar-refractivity contribution is 5.80. The number of hydrogen-bond acceptors (Lipinski definition) is 10. The average molecular weight is 1070 g/mol. The molecule has 1 amide bonds. The van der Waals surface area contributed by atoms with Crippen LogP contribution in [0.5, 0.6) is 0 Å². The van der Waals surface area contributed by atoms with Crippen molar-refractivity contribution in [1.82, 2.24) is 5.32 Å². The van der Waals surface area contributed by atoms with Gasteiger partial charge in [-0.05, 0) is 44.9 Å². The van der Waals surface area contributed by atoms with E-state index in [1.807, 2.05) is 42.5 Å². The van der Waals surface area contributed by atoms with E-state index in [1.54, 1.807) is 6.08 Å². The molecule has 0 aromatic rings. The van der Waals surface area contributed by atoms with Gasteiger partial charge >= 0.3 is 5.97 Å². The van der Waals surface area contributed by atoms with Gasteiger partial charge in [0.15, 0.2) is 12.4 Å². The van der Waals surface area contributed by atoms with Gasteiger partial charge in [-0.2, -0.15) is 0 Å². The van der Waals surface area contributed by atoms with Crippen molar-refractivity contribution >= 4 is 11.9 Å². The van der Waals surface area contributed by atoms with Crippen LogP contribution in [-0.4, -0.2) is 99.6 Å². The highest BCUT2D eigenvalue weighted by Crippen LogP contribution is 2.26.